The number of hydrogen-bond donors (Lipinski definition) is 0. The molecule has 0 spiro atoms. The maximum atomic E-state index is 5.91. The summed E-state index contributed by atoms with van der Waals surface area (Å²) < 4.78 is 5.91. The quantitative estimate of drug-likeness (QED) is 0.443. The highest BCUT2D eigenvalue weighted by atomic mass is 28.3. The highest BCUT2D eigenvalue weighted by Crippen LogP contribution is 2.27. The average Bonchev–Trinajstić information content (AvgIpc) is 2.83. The molecule has 0 bridgehead atoms. The molecular weight excluding hydrogens is 212 g/mol. The molecule has 96 valence electrons. The Balaban J connectivity index is 2.12. The van der Waals surface area contributed by atoms with Gasteiger partial charge in [0.1, 0.15) is 0 Å². The van der Waals surface area contributed by atoms with Crippen LogP contribution in [0.5, 0.6) is 0 Å². The molecule has 0 aromatic carbocycles. The molecule has 0 unspecified atom stereocenters. The maximum Gasteiger partial charge on any atom is 0.0550 e. The van der Waals surface area contributed by atoms with Gasteiger partial charge < -0.3 is 4.74 Å². The van der Waals surface area contributed by atoms with Crippen molar-refractivity contribution < 1.29 is 4.74 Å². The van der Waals surface area contributed by atoms with Crippen LogP contribution in [0.4, 0.5) is 0 Å². The second kappa shape index (κ2) is 7.49. The standard InChI is InChI=1S/C14H30OSi/c1-4-16(5-2,6-3)12-11-15-13-14-9-7-8-10-14/h14H,4-13H2,1-3H3. The van der Waals surface area contributed by atoms with Crippen LogP contribution in [0.25, 0.3) is 0 Å². The molecule has 0 N–H and O–H groups in total. The van der Waals surface area contributed by atoms with E-state index in [2.05, 4.69) is 20.8 Å². The van der Waals surface area contributed by atoms with Gasteiger partial charge in [0, 0.05) is 13.2 Å². The maximum absolute atomic E-state index is 5.91. The van der Waals surface area contributed by atoms with Crippen LogP contribution in [0.2, 0.25) is 24.2 Å². The van der Waals surface area contributed by atoms with E-state index in [-0.39, 0.29) is 0 Å². The van der Waals surface area contributed by atoms with Crippen molar-refractivity contribution in [1.29, 1.82) is 0 Å². The van der Waals surface area contributed by atoms with E-state index >= 15 is 0 Å². The Morgan fingerprint density at radius 2 is 1.56 bits per heavy atom. The fourth-order valence-electron chi connectivity index (χ4n) is 3.00. The van der Waals surface area contributed by atoms with E-state index in [1.807, 2.05) is 0 Å². The van der Waals surface area contributed by atoms with E-state index in [0.29, 0.717) is 0 Å². The summed E-state index contributed by atoms with van der Waals surface area (Å²) in [4.78, 5) is 0. The Kier molecular flexibility index (Phi) is 6.67. The summed E-state index contributed by atoms with van der Waals surface area (Å²) in [7, 11) is -0.919. The minimum Gasteiger partial charge on any atom is -0.381 e. The average molecular weight is 242 g/mol. The molecule has 1 aliphatic rings. The van der Waals surface area contributed by atoms with Crippen LogP contribution in [-0.4, -0.2) is 21.3 Å². The van der Waals surface area contributed by atoms with E-state index < -0.39 is 8.07 Å². The number of ether oxygens (including phenoxy) is 1. The molecule has 0 amide bonds. The molecule has 0 radical (unpaired) electrons. The molecule has 0 saturated heterocycles. The lowest BCUT2D eigenvalue weighted by atomic mass is 10.1. The van der Waals surface area contributed by atoms with Crippen molar-refractivity contribution in [2.24, 2.45) is 5.92 Å². The Labute approximate surface area is 103 Å². The SMILES string of the molecule is CC[Si](CC)(CC)CCOCC1CCCC1. The first-order valence-corrected chi connectivity index (χ1v) is 10.2. The van der Waals surface area contributed by atoms with Crippen molar-refractivity contribution in [2.75, 3.05) is 13.2 Å². The van der Waals surface area contributed by atoms with Crippen LogP contribution >= 0.6 is 0 Å². The third-order valence-electron chi connectivity index (χ3n) is 4.86. The summed E-state index contributed by atoms with van der Waals surface area (Å²) >= 11 is 0. The van der Waals surface area contributed by atoms with Crippen LogP contribution in [0.1, 0.15) is 46.5 Å². The Bertz CT molecular complexity index is 163. The molecule has 1 fully saturated rings. The summed E-state index contributed by atoms with van der Waals surface area (Å²) in [5, 5.41) is 0. The summed E-state index contributed by atoms with van der Waals surface area (Å²) in [5.74, 6) is 0.890. The van der Waals surface area contributed by atoms with Gasteiger partial charge in [0.05, 0.1) is 8.07 Å². The topological polar surface area (TPSA) is 9.23 Å². The number of hydrogen-bond acceptors (Lipinski definition) is 1. The van der Waals surface area contributed by atoms with Gasteiger partial charge in [-0.05, 0) is 24.8 Å². The zero-order valence-electron chi connectivity index (χ0n) is 11.6. The third kappa shape index (κ3) is 4.21. The summed E-state index contributed by atoms with van der Waals surface area (Å²) in [5.41, 5.74) is 0. The molecule has 1 rings (SSSR count). The van der Waals surface area contributed by atoms with Gasteiger partial charge in [0.25, 0.3) is 0 Å². The van der Waals surface area contributed by atoms with Crippen LogP contribution < -0.4 is 0 Å². The van der Waals surface area contributed by atoms with Crippen molar-refractivity contribution >= 4 is 8.07 Å². The highest BCUT2D eigenvalue weighted by Gasteiger charge is 2.26. The Hall–Kier alpha value is 0.177. The van der Waals surface area contributed by atoms with Gasteiger partial charge in [0.15, 0.2) is 0 Å². The van der Waals surface area contributed by atoms with E-state index in [4.69, 9.17) is 4.74 Å². The monoisotopic (exact) mass is 242 g/mol. The van der Waals surface area contributed by atoms with Gasteiger partial charge in [-0.15, -0.1) is 0 Å². The van der Waals surface area contributed by atoms with E-state index in [1.165, 1.54) is 49.9 Å². The minimum atomic E-state index is -0.919. The van der Waals surface area contributed by atoms with Gasteiger partial charge in [-0.3, -0.25) is 0 Å². The lowest BCUT2D eigenvalue weighted by Gasteiger charge is -2.28. The first-order valence-electron chi connectivity index (χ1n) is 7.34. The zero-order valence-corrected chi connectivity index (χ0v) is 12.6. The smallest absolute Gasteiger partial charge is 0.0550 e. The molecule has 1 saturated carbocycles. The first kappa shape index (κ1) is 14.2. The normalized spacial score (nSPS) is 18.2. The predicted octanol–water partition coefficient (Wildman–Crippen LogP) is 4.70. The highest BCUT2D eigenvalue weighted by molar-refractivity contribution is 6.79. The second-order valence-electron chi connectivity index (χ2n) is 5.54. The van der Waals surface area contributed by atoms with Crippen molar-refractivity contribution in [3.05, 3.63) is 0 Å². The summed E-state index contributed by atoms with van der Waals surface area (Å²) in [6.07, 6.45) is 5.70. The lowest BCUT2D eigenvalue weighted by Crippen LogP contribution is -2.32. The molecule has 0 atom stereocenters. The lowest BCUT2D eigenvalue weighted by molar-refractivity contribution is 0.111. The van der Waals surface area contributed by atoms with E-state index in [0.717, 1.165) is 19.1 Å². The Morgan fingerprint density at radius 3 is 2.06 bits per heavy atom. The molecule has 0 aromatic rings. The molecule has 0 aromatic heterocycles. The molecular formula is C14H30OSi. The van der Waals surface area contributed by atoms with Crippen molar-refractivity contribution in [3.8, 4) is 0 Å². The van der Waals surface area contributed by atoms with Gasteiger partial charge in [-0.25, -0.2) is 0 Å². The molecule has 16 heavy (non-hydrogen) atoms. The molecule has 1 nitrogen and oxygen atoms in total. The molecule has 0 heterocycles. The Morgan fingerprint density at radius 1 is 1.00 bits per heavy atom. The second-order valence-corrected chi connectivity index (χ2v) is 11.2. The van der Waals surface area contributed by atoms with Crippen molar-refractivity contribution in [2.45, 2.75) is 70.6 Å². The van der Waals surface area contributed by atoms with Gasteiger partial charge in [-0.1, -0.05) is 51.7 Å². The zero-order chi connectivity index (χ0) is 11.9. The predicted molar refractivity (Wildman–Crippen MR) is 74.8 cm³/mol. The number of rotatable bonds is 8. The van der Waals surface area contributed by atoms with E-state index in [1.54, 1.807) is 0 Å². The van der Waals surface area contributed by atoms with Crippen molar-refractivity contribution in [1.82, 2.24) is 0 Å². The van der Waals surface area contributed by atoms with E-state index in [9.17, 15) is 0 Å². The largest absolute Gasteiger partial charge is 0.381 e. The van der Waals surface area contributed by atoms with Gasteiger partial charge >= 0.3 is 0 Å². The van der Waals surface area contributed by atoms with Crippen LogP contribution in [-0.2, 0) is 4.74 Å². The van der Waals surface area contributed by atoms with Crippen LogP contribution in [0.15, 0.2) is 0 Å². The molecule has 1 aliphatic carbocycles. The third-order valence-corrected chi connectivity index (χ3v) is 10.6. The first-order chi connectivity index (χ1) is 7.76. The summed E-state index contributed by atoms with van der Waals surface area (Å²) in [6.45, 7) is 9.24. The molecule has 2 heteroatoms. The fourth-order valence-corrected chi connectivity index (χ4v) is 6.13. The van der Waals surface area contributed by atoms with Crippen molar-refractivity contribution in [3.63, 3.8) is 0 Å². The molecule has 0 aliphatic heterocycles. The fraction of sp³-hybridized carbons (Fsp3) is 1.00. The van der Waals surface area contributed by atoms with Crippen LogP contribution in [0, 0.1) is 5.92 Å². The summed E-state index contributed by atoms with van der Waals surface area (Å²) in [6, 6.07) is 5.70. The van der Waals surface area contributed by atoms with Crippen LogP contribution in [0.3, 0.4) is 0 Å². The van der Waals surface area contributed by atoms with Gasteiger partial charge in [0.2, 0.25) is 0 Å². The minimum absolute atomic E-state index is 0.890. The van der Waals surface area contributed by atoms with Gasteiger partial charge in [-0.2, -0.15) is 0 Å².